The molecule has 1 saturated heterocycles. The zero-order valence-electron chi connectivity index (χ0n) is 20.4. The van der Waals surface area contributed by atoms with Crippen molar-refractivity contribution in [3.05, 3.63) is 31.8 Å². The van der Waals surface area contributed by atoms with Crippen molar-refractivity contribution in [2.24, 2.45) is 0 Å². The molecule has 0 saturated carbocycles. The van der Waals surface area contributed by atoms with Gasteiger partial charge < -0.3 is 38.3 Å². The van der Waals surface area contributed by atoms with E-state index in [2.05, 4.69) is 9.97 Å². The van der Waals surface area contributed by atoms with Gasteiger partial charge in [-0.25, -0.2) is 4.79 Å². The van der Waals surface area contributed by atoms with Crippen molar-refractivity contribution in [3.8, 4) is 5.88 Å². The highest BCUT2D eigenvalue weighted by Crippen LogP contribution is 2.37. The van der Waals surface area contributed by atoms with E-state index in [1.807, 2.05) is 0 Å². The standard InChI is InChI=1S/C21H22N4O12S/c1-7-11(37-21(30)33-7)5-32-17-15-16(23-19(22)24-17)25(20(29)38-15)18-14(35-10(4)28)13(34-9(3)27)12(36-18)6-31-8(2)26/h12-14,18H,5-6H2,1-4H3,(H2,22,23,24)/t12-,13-,14?,18-/m1/s1. The van der Waals surface area contributed by atoms with Gasteiger partial charge in [0.15, 0.2) is 42.2 Å². The Morgan fingerprint density at radius 3 is 2.32 bits per heavy atom. The Morgan fingerprint density at radius 2 is 1.71 bits per heavy atom. The molecule has 0 radical (unpaired) electrons. The van der Waals surface area contributed by atoms with Gasteiger partial charge in [-0.2, -0.15) is 9.97 Å². The van der Waals surface area contributed by atoms with Crippen molar-refractivity contribution in [1.29, 1.82) is 0 Å². The minimum atomic E-state index is -1.36. The highest BCUT2D eigenvalue weighted by atomic mass is 32.1. The second kappa shape index (κ2) is 10.6. The van der Waals surface area contributed by atoms with Crippen LogP contribution < -0.4 is 21.2 Å². The highest BCUT2D eigenvalue weighted by molar-refractivity contribution is 7.16. The van der Waals surface area contributed by atoms with Crippen LogP contribution >= 0.6 is 11.3 Å². The van der Waals surface area contributed by atoms with E-state index in [0.29, 0.717) is 11.3 Å². The SMILES string of the molecule is CC(=O)OC[C@H]1O[C@@H](n2c(=O)sc3c(OCc4oc(=O)oc4C)nc(N)nc32)C(OC(C)=O)[C@@H]1OC(C)=O. The monoisotopic (exact) mass is 554 g/mol. The number of fused-ring (bicyclic) bond motifs is 1. The first kappa shape index (κ1) is 26.8. The average molecular weight is 554 g/mol. The number of aromatic nitrogens is 3. The van der Waals surface area contributed by atoms with Gasteiger partial charge >= 0.3 is 28.6 Å². The molecule has 4 rings (SSSR count). The smallest absolute Gasteiger partial charge is 0.468 e. The van der Waals surface area contributed by atoms with Crippen LogP contribution in [-0.4, -0.2) is 57.4 Å². The van der Waals surface area contributed by atoms with Crippen LogP contribution in [0.1, 0.15) is 38.5 Å². The molecule has 1 unspecified atom stereocenters. The molecular formula is C21H22N4O12S. The number of nitrogens with two attached hydrogens (primary N) is 1. The molecule has 38 heavy (non-hydrogen) atoms. The summed E-state index contributed by atoms with van der Waals surface area (Å²) in [6, 6.07) is 0. The first-order valence-electron chi connectivity index (χ1n) is 11.0. The summed E-state index contributed by atoms with van der Waals surface area (Å²) >= 11 is 0.673. The molecule has 2 N–H and O–H groups in total. The third kappa shape index (κ3) is 5.52. The number of ether oxygens (including phenoxy) is 5. The van der Waals surface area contributed by atoms with Crippen LogP contribution in [-0.2, 0) is 39.9 Å². The maximum atomic E-state index is 13.2. The number of hydrogen-bond donors (Lipinski definition) is 1. The normalized spacial score (nSPS) is 20.8. The van der Waals surface area contributed by atoms with E-state index in [0.717, 1.165) is 18.4 Å². The average Bonchev–Trinajstić information content (AvgIpc) is 3.42. The van der Waals surface area contributed by atoms with Crippen LogP contribution in [0.3, 0.4) is 0 Å². The van der Waals surface area contributed by atoms with Gasteiger partial charge in [-0.3, -0.25) is 23.7 Å². The van der Waals surface area contributed by atoms with Crippen molar-refractivity contribution in [2.75, 3.05) is 12.3 Å². The molecule has 17 heteroatoms. The quantitative estimate of drug-likeness (QED) is 0.290. The number of nitrogen functional groups attached to an aromatic ring is 1. The molecule has 1 fully saturated rings. The molecule has 204 valence electrons. The fraction of sp³-hybridized carbons (Fsp3) is 0.476. The minimum absolute atomic E-state index is 0.0373. The Labute approximate surface area is 216 Å². The Kier molecular flexibility index (Phi) is 7.49. The second-order valence-electron chi connectivity index (χ2n) is 8.02. The molecule has 0 spiro atoms. The molecule has 4 heterocycles. The molecular weight excluding hydrogens is 532 g/mol. The van der Waals surface area contributed by atoms with Crippen LogP contribution in [0.2, 0.25) is 0 Å². The summed E-state index contributed by atoms with van der Waals surface area (Å²) in [5.74, 6) is -3.12. The lowest BCUT2D eigenvalue weighted by Gasteiger charge is -2.23. The van der Waals surface area contributed by atoms with Gasteiger partial charge in [0, 0.05) is 20.8 Å². The molecule has 0 bridgehead atoms. The number of carbonyl (C=O) groups is 3. The van der Waals surface area contributed by atoms with E-state index < -0.39 is 53.1 Å². The van der Waals surface area contributed by atoms with Gasteiger partial charge in [0.1, 0.15) is 17.4 Å². The molecule has 16 nitrogen and oxygen atoms in total. The maximum absolute atomic E-state index is 13.2. The lowest BCUT2D eigenvalue weighted by Crippen LogP contribution is -2.41. The number of anilines is 1. The van der Waals surface area contributed by atoms with Crippen molar-refractivity contribution >= 4 is 45.5 Å². The number of aryl methyl sites for hydroxylation is 1. The van der Waals surface area contributed by atoms with E-state index in [1.165, 1.54) is 13.8 Å². The van der Waals surface area contributed by atoms with Gasteiger partial charge in [0.2, 0.25) is 11.8 Å². The summed E-state index contributed by atoms with van der Waals surface area (Å²) in [6.45, 7) is 4.29. The van der Waals surface area contributed by atoms with Gasteiger partial charge in [0.25, 0.3) is 0 Å². The van der Waals surface area contributed by atoms with Gasteiger partial charge in [-0.1, -0.05) is 11.3 Å². The van der Waals surface area contributed by atoms with Crippen molar-refractivity contribution in [3.63, 3.8) is 0 Å². The molecule has 1 aliphatic rings. The van der Waals surface area contributed by atoms with Crippen LogP contribution in [0.4, 0.5) is 5.95 Å². The molecule has 3 aromatic heterocycles. The van der Waals surface area contributed by atoms with Crippen LogP contribution in [0, 0.1) is 6.92 Å². The van der Waals surface area contributed by atoms with Crippen molar-refractivity contribution < 1.29 is 46.9 Å². The molecule has 0 aromatic carbocycles. The Bertz CT molecular complexity index is 1500. The van der Waals surface area contributed by atoms with Crippen LogP contribution in [0.25, 0.3) is 10.3 Å². The number of hydrogen-bond acceptors (Lipinski definition) is 16. The zero-order chi connectivity index (χ0) is 27.7. The topological polar surface area (TPSA) is 215 Å². The predicted molar refractivity (Wildman–Crippen MR) is 124 cm³/mol. The summed E-state index contributed by atoms with van der Waals surface area (Å²) in [4.78, 5) is 67.1. The third-order valence-corrected chi connectivity index (χ3v) is 6.15. The summed E-state index contributed by atoms with van der Waals surface area (Å²) < 4.78 is 38.2. The van der Waals surface area contributed by atoms with E-state index in [1.54, 1.807) is 0 Å². The summed E-state index contributed by atoms with van der Waals surface area (Å²) in [6.07, 6.45) is -5.01. The Morgan fingerprint density at radius 1 is 1.03 bits per heavy atom. The predicted octanol–water partition coefficient (Wildman–Crippen LogP) is 0.193. The Hall–Kier alpha value is -4.25. The van der Waals surface area contributed by atoms with E-state index in [9.17, 15) is 24.0 Å². The number of carbonyl (C=O) groups excluding carboxylic acids is 3. The lowest BCUT2D eigenvalue weighted by molar-refractivity contribution is -0.166. The van der Waals surface area contributed by atoms with Gasteiger partial charge in [0.05, 0.1) is 0 Å². The van der Waals surface area contributed by atoms with E-state index in [-0.39, 0.29) is 46.9 Å². The Balaban J connectivity index is 1.76. The molecule has 3 aromatic rings. The first-order chi connectivity index (χ1) is 17.9. The van der Waals surface area contributed by atoms with E-state index >= 15 is 0 Å². The lowest BCUT2D eigenvalue weighted by atomic mass is 10.1. The number of nitrogens with zero attached hydrogens (tertiary/aromatic N) is 3. The molecule has 0 amide bonds. The van der Waals surface area contributed by atoms with Crippen LogP contribution in [0.5, 0.6) is 5.88 Å². The third-order valence-electron chi connectivity index (χ3n) is 5.22. The summed E-state index contributed by atoms with van der Waals surface area (Å²) in [5.41, 5.74) is 5.83. The second-order valence-corrected chi connectivity index (χ2v) is 8.98. The molecule has 0 aliphatic carbocycles. The first-order valence-corrected chi connectivity index (χ1v) is 11.8. The maximum Gasteiger partial charge on any atom is 0.519 e. The number of rotatable bonds is 8. The largest absolute Gasteiger partial charge is 0.519 e. The number of thiazole rings is 1. The van der Waals surface area contributed by atoms with Crippen molar-refractivity contribution in [2.45, 2.75) is 58.8 Å². The number of esters is 3. The van der Waals surface area contributed by atoms with Crippen molar-refractivity contribution in [1.82, 2.24) is 14.5 Å². The molecule has 1 aliphatic heterocycles. The minimum Gasteiger partial charge on any atom is -0.468 e. The summed E-state index contributed by atoms with van der Waals surface area (Å²) in [5, 5.41) is 0. The summed E-state index contributed by atoms with van der Waals surface area (Å²) in [7, 11) is 0. The highest BCUT2D eigenvalue weighted by Gasteiger charge is 2.51. The van der Waals surface area contributed by atoms with Gasteiger partial charge in [-0.15, -0.1) is 0 Å². The van der Waals surface area contributed by atoms with Gasteiger partial charge in [-0.05, 0) is 6.92 Å². The fourth-order valence-corrected chi connectivity index (χ4v) is 4.66. The molecule has 4 atom stereocenters. The van der Waals surface area contributed by atoms with Crippen LogP contribution in [0.15, 0.2) is 18.4 Å². The zero-order valence-corrected chi connectivity index (χ0v) is 21.3. The fourth-order valence-electron chi connectivity index (χ4n) is 3.77. The van der Waals surface area contributed by atoms with E-state index in [4.69, 9.17) is 38.3 Å².